The Morgan fingerprint density at radius 1 is 1.32 bits per heavy atom. The Bertz CT molecular complexity index is 496. The van der Waals surface area contributed by atoms with Gasteiger partial charge in [-0.05, 0) is 45.3 Å². The van der Waals surface area contributed by atoms with Crippen LogP contribution < -0.4 is 17.2 Å². The van der Waals surface area contributed by atoms with E-state index in [1.165, 1.54) is 5.12 Å². The molecule has 0 fully saturated rings. The van der Waals surface area contributed by atoms with Gasteiger partial charge in [0.25, 0.3) is 0 Å². The van der Waals surface area contributed by atoms with Gasteiger partial charge in [-0.1, -0.05) is 33.0 Å². The number of hydrazine groups is 3. The predicted molar refractivity (Wildman–Crippen MR) is 93.7 cm³/mol. The average molecular weight is 326 g/mol. The number of nitrogens with two attached hydrogens (primary N) is 2. The molecule has 6 nitrogen and oxygen atoms in total. The molecule has 22 heavy (non-hydrogen) atoms. The molecule has 1 atom stereocenters. The zero-order chi connectivity index (χ0) is 17.1. The number of nitrogens with one attached hydrogen (secondary N) is 1. The molecule has 0 spiro atoms. The van der Waals surface area contributed by atoms with Gasteiger partial charge in [0.05, 0.1) is 6.61 Å². The number of aliphatic hydroxyl groups excluding tert-OH is 1. The van der Waals surface area contributed by atoms with Crippen molar-refractivity contribution in [3.63, 3.8) is 0 Å². The minimum absolute atomic E-state index is 0.180. The Labute approximate surface area is 134 Å². The van der Waals surface area contributed by atoms with Crippen molar-refractivity contribution in [3.05, 3.63) is 46.7 Å². The predicted octanol–water partition coefficient (Wildman–Crippen LogP) is 1.44. The van der Waals surface area contributed by atoms with Gasteiger partial charge in [-0.3, -0.25) is 10.6 Å². The fourth-order valence-corrected chi connectivity index (χ4v) is 2.01. The number of carbonyl (C=O) groups is 1. The van der Waals surface area contributed by atoms with Crippen LogP contribution in [0, 0.1) is 0 Å². The van der Waals surface area contributed by atoms with E-state index >= 15 is 0 Å². The molecular weight excluding hydrogens is 299 g/mol. The molecular formula is C15H27N4O2P. The maximum atomic E-state index is 11.5. The molecule has 0 aromatic carbocycles. The monoisotopic (exact) mass is 326 g/mol. The smallest absolute Gasteiger partial charge is 0.176 e. The molecule has 0 rings (SSSR count). The Morgan fingerprint density at radius 2 is 1.95 bits per heavy atom. The van der Waals surface area contributed by atoms with E-state index < -0.39 is 0 Å². The highest BCUT2D eigenvalue weighted by atomic mass is 31.0. The summed E-state index contributed by atoms with van der Waals surface area (Å²) in [5.74, 6) is 10.8. The molecule has 7 heteroatoms. The molecule has 0 aromatic rings. The topological polar surface area (TPSA) is 105 Å². The van der Waals surface area contributed by atoms with E-state index in [2.05, 4.69) is 14.8 Å². The van der Waals surface area contributed by atoms with Crippen LogP contribution in [0.4, 0.5) is 0 Å². The Kier molecular flexibility index (Phi) is 10.6. The SMILES string of the molecule is C/C=C\C(CC/C(C)=C/C=C(\C)N(N)NN)=C(/CO)C(=O)P. The van der Waals surface area contributed by atoms with Crippen molar-refractivity contribution in [2.45, 2.75) is 33.6 Å². The van der Waals surface area contributed by atoms with Crippen molar-refractivity contribution in [1.82, 2.24) is 10.7 Å². The Morgan fingerprint density at radius 3 is 2.41 bits per heavy atom. The summed E-state index contributed by atoms with van der Waals surface area (Å²) >= 11 is 0. The summed E-state index contributed by atoms with van der Waals surface area (Å²) in [5, 5.41) is 10.5. The molecule has 0 aliphatic rings. The van der Waals surface area contributed by atoms with Crippen LogP contribution in [0.15, 0.2) is 46.7 Å². The van der Waals surface area contributed by atoms with Crippen molar-refractivity contribution in [2.75, 3.05) is 6.61 Å². The standard InChI is InChI=1S/C15H27N4O2P/c1-4-5-13(14(10-20)15(21)22)9-7-11(2)6-8-12(3)19(17)18-16/h4-6,8,18,20H,7,9-10,16-17,22H2,1-3H3/b5-4-,11-6+,12-8+,14-13-. The number of carbonyl (C=O) groups excluding carboxylic acids is 1. The first-order chi connectivity index (χ1) is 10.4. The minimum Gasteiger partial charge on any atom is -0.392 e. The highest BCUT2D eigenvalue weighted by Crippen LogP contribution is 2.19. The highest BCUT2D eigenvalue weighted by Gasteiger charge is 2.08. The van der Waals surface area contributed by atoms with Crippen LogP contribution in [0.1, 0.15) is 33.6 Å². The number of allylic oxidation sites excluding steroid dienone is 7. The van der Waals surface area contributed by atoms with Gasteiger partial charge in [0.2, 0.25) is 0 Å². The van der Waals surface area contributed by atoms with Gasteiger partial charge in [-0.15, -0.1) is 0 Å². The van der Waals surface area contributed by atoms with Gasteiger partial charge < -0.3 is 5.11 Å². The fraction of sp³-hybridized carbons (Fsp3) is 0.400. The van der Waals surface area contributed by atoms with Crippen LogP contribution in [0.2, 0.25) is 0 Å². The number of aliphatic hydroxyl groups is 1. The van der Waals surface area contributed by atoms with E-state index in [1.807, 2.05) is 45.1 Å². The fourth-order valence-electron chi connectivity index (χ4n) is 1.73. The minimum atomic E-state index is -0.256. The van der Waals surface area contributed by atoms with Gasteiger partial charge in [0.15, 0.2) is 5.52 Å². The van der Waals surface area contributed by atoms with Gasteiger partial charge in [0, 0.05) is 11.3 Å². The summed E-state index contributed by atoms with van der Waals surface area (Å²) in [6.45, 7) is 5.45. The van der Waals surface area contributed by atoms with Gasteiger partial charge in [-0.2, -0.15) is 5.53 Å². The van der Waals surface area contributed by atoms with Gasteiger partial charge >= 0.3 is 0 Å². The number of hydrogen-bond donors (Lipinski definition) is 4. The highest BCUT2D eigenvalue weighted by molar-refractivity contribution is 7.41. The quantitative estimate of drug-likeness (QED) is 0.168. The Balaban J connectivity index is 4.98. The molecule has 0 heterocycles. The summed E-state index contributed by atoms with van der Waals surface area (Å²) in [4.78, 5) is 11.5. The maximum Gasteiger partial charge on any atom is 0.176 e. The molecule has 0 saturated heterocycles. The summed E-state index contributed by atoms with van der Waals surface area (Å²) in [6.07, 6.45) is 8.97. The van der Waals surface area contributed by atoms with Crippen molar-refractivity contribution in [1.29, 1.82) is 0 Å². The second kappa shape index (κ2) is 11.3. The zero-order valence-electron chi connectivity index (χ0n) is 13.5. The molecule has 1 unspecified atom stereocenters. The average Bonchev–Trinajstić information content (AvgIpc) is 2.49. The summed E-state index contributed by atoms with van der Waals surface area (Å²) < 4.78 is 0. The third-order valence-corrected chi connectivity index (χ3v) is 3.48. The zero-order valence-corrected chi connectivity index (χ0v) is 14.6. The van der Waals surface area contributed by atoms with Crippen molar-refractivity contribution in [2.24, 2.45) is 11.7 Å². The lowest BCUT2D eigenvalue weighted by atomic mass is 10.0. The van der Waals surface area contributed by atoms with Gasteiger partial charge in [0.1, 0.15) is 0 Å². The van der Waals surface area contributed by atoms with Crippen molar-refractivity contribution in [3.8, 4) is 0 Å². The molecule has 0 saturated carbocycles. The number of nitrogens with zero attached hydrogens (tertiary/aromatic N) is 1. The lowest BCUT2D eigenvalue weighted by Crippen LogP contribution is -2.46. The molecule has 0 aliphatic heterocycles. The Hall–Kier alpha value is -1.30. The number of hydrogen-bond acceptors (Lipinski definition) is 6. The lowest BCUT2D eigenvalue weighted by Gasteiger charge is -2.15. The van der Waals surface area contributed by atoms with Crippen LogP contribution in [-0.2, 0) is 4.79 Å². The summed E-state index contributed by atoms with van der Waals surface area (Å²) in [5.41, 5.74) is 5.31. The van der Waals surface area contributed by atoms with Crippen molar-refractivity contribution >= 4 is 14.8 Å². The van der Waals surface area contributed by atoms with E-state index in [-0.39, 0.29) is 12.1 Å². The molecule has 0 bridgehead atoms. The first kappa shape index (κ1) is 20.7. The van der Waals surface area contributed by atoms with E-state index in [1.54, 1.807) is 0 Å². The normalized spacial score (nSPS) is 14.3. The van der Waals surface area contributed by atoms with Crippen LogP contribution in [-0.4, -0.2) is 22.4 Å². The first-order valence-corrected chi connectivity index (χ1v) is 7.55. The number of rotatable bonds is 9. The van der Waals surface area contributed by atoms with E-state index in [0.29, 0.717) is 12.0 Å². The van der Waals surface area contributed by atoms with E-state index in [9.17, 15) is 9.90 Å². The maximum absolute atomic E-state index is 11.5. The second-order valence-electron chi connectivity index (χ2n) is 4.85. The largest absolute Gasteiger partial charge is 0.392 e. The summed E-state index contributed by atoms with van der Waals surface area (Å²) in [7, 11) is 2.11. The third kappa shape index (κ3) is 7.64. The van der Waals surface area contributed by atoms with Crippen LogP contribution in [0.3, 0.4) is 0 Å². The molecule has 0 radical (unpaired) electrons. The first-order valence-electron chi connectivity index (χ1n) is 6.97. The molecule has 0 aromatic heterocycles. The molecule has 0 aliphatic carbocycles. The van der Waals surface area contributed by atoms with Crippen LogP contribution in [0.5, 0.6) is 0 Å². The van der Waals surface area contributed by atoms with Crippen LogP contribution >= 0.6 is 9.24 Å². The summed E-state index contributed by atoms with van der Waals surface area (Å²) in [6, 6.07) is 0. The molecule has 124 valence electrons. The second-order valence-corrected chi connectivity index (χ2v) is 5.37. The van der Waals surface area contributed by atoms with Crippen LogP contribution in [0.25, 0.3) is 0 Å². The molecule has 0 amide bonds. The van der Waals surface area contributed by atoms with E-state index in [4.69, 9.17) is 11.7 Å². The van der Waals surface area contributed by atoms with Gasteiger partial charge in [-0.25, -0.2) is 11.0 Å². The lowest BCUT2D eigenvalue weighted by molar-refractivity contribution is -0.108. The van der Waals surface area contributed by atoms with Crippen molar-refractivity contribution < 1.29 is 9.90 Å². The molecule has 6 N–H and O–H groups in total. The third-order valence-electron chi connectivity index (χ3n) is 3.13. The van der Waals surface area contributed by atoms with E-state index in [0.717, 1.165) is 23.3 Å².